The molecular formula is C24H40BrN5O2. The number of pyridine rings is 1. The van der Waals surface area contributed by atoms with Crippen LogP contribution < -0.4 is 16.0 Å². The maximum atomic E-state index is 12.5. The van der Waals surface area contributed by atoms with E-state index in [1.165, 1.54) is 25.5 Å². The summed E-state index contributed by atoms with van der Waals surface area (Å²) in [6.07, 6.45) is 10.1. The summed E-state index contributed by atoms with van der Waals surface area (Å²) in [7, 11) is 0. The lowest BCUT2D eigenvalue weighted by Crippen LogP contribution is -2.31. The number of hydrogen-bond acceptors (Lipinski definition) is 6. The molecule has 1 aromatic heterocycles. The minimum Gasteiger partial charge on any atom is -0.381 e. The van der Waals surface area contributed by atoms with Gasteiger partial charge in [0, 0.05) is 61.6 Å². The van der Waals surface area contributed by atoms with E-state index in [9.17, 15) is 4.79 Å². The Bertz CT molecular complexity index is 723. The summed E-state index contributed by atoms with van der Waals surface area (Å²) < 4.78 is 5.51. The van der Waals surface area contributed by atoms with Gasteiger partial charge in [0.1, 0.15) is 5.82 Å². The number of carbonyl (C=O) groups excluding carboxylic acids is 1. The number of aromatic nitrogens is 1. The van der Waals surface area contributed by atoms with Gasteiger partial charge in [0.05, 0.1) is 11.3 Å². The van der Waals surface area contributed by atoms with Gasteiger partial charge in [0.2, 0.25) is 5.91 Å². The molecule has 0 aliphatic carbocycles. The molecule has 0 unspecified atom stereocenters. The lowest BCUT2D eigenvalue weighted by molar-refractivity contribution is -0.121. The summed E-state index contributed by atoms with van der Waals surface area (Å²) in [6, 6.07) is 0.290. The highest BCUT2D eigenvalue weighted by Gasteiger charge is 2.22. The van der Waals surface area contributed by atoms with E-state index in [4.69, 9.17) is 15.1 Å². The second kappa shape index (κ2) is 15.2. The van der Waals surface area contributed by atoms with Gasteiger partial charge in [0.15, 0.2) is 0 Å². The van der Waals surface area contributed by atoms with Crippen molar-refractivity contribution in [2.75, 3.05) is 35.7 Å². The van der Waals surface area contributed by atoms with Gasteiger partial charge in [0.25, 0.3) is 0 Å². The second-order valence-corrected chi connectivity index (χ2v) is 9.01. The predicted octanol–water partition coefficient (Wildman–Crippen LogP) is 5.02. The predicted molar refractivity (Wildman–Crippen MR) is 136 cm³/mol. The van der Waals surface area contributed by atoms with E-state index < -0.39 is 0 Å². The van der Waals surface area contributed by atoms with Gasteiger partial charge in [-0.2, -0.15) is 0 Å². The fourth-order valence-corrected chi connectivity index (χ4v) is 4.41. The molecule has 0 spiro atoms. The average molecular weight is 511 g/mol. The Labute approximate surface area is 201 Å². The third kappa shape index (κ3) is 8.35. The van der Waals surface area contributed by atoms with Crippen molar-refractivity contribution in [2.45, 2.75) is 84.2 Å². The molecule has 32 heavy (non-hydrogen) atoms. The zero-order valence-electron chi connectivity index (χ0n) is 19.7. The lowest BCUT2D eigenvalue weighted by atomic mass is 10.0. The van der Waals surface area contributed by atoms with Crippen LogP contribution >= 0.6 is 15.9 Å². The van der Waals surface area contributed by atoms with Crippen molar-refractivity contribution in [2.24, 2.45) is 0 Å². The summed E-state index contributed by atoms with van der Waals surface area (Å²) in [4.78, 5) is 17.3. The number of hydrogen-bond donors (Lipinski definition) is 4. The van der Waals surface area contributed by atoms with E-state index in [1.54, 1.807) is 0 Å². The number of ether oxygens (including phenoxy) is 1. The van der Waals surface area contributed by atoms with E-state index in [-0.39, 0.29) is 11.9 Å². The Hall–Kier alpha value is -1.67. The highest BCUT2D eigenvalue weighted by molar-refractivity contribution is 9.09. The molecule has 2 rings (SSSR count). The van der Waals surface area contributed by atoms with Crippen molar-refractivity contribution in [3.63, 3.8) is 0 Å². The van der Waals surface area contributed by atoms with Crippen molar-refractivity contribution in [3.05, 3.63) is 16.8 Å². The number of amides is 1. The smallest absolute Gasteiger partial charge is 0.220 e. The van der Waals surface area contributed by atoms with Crippen LogP contribution in [-0.4, -0.2) is 48.2 Å². The molecule has 1 aromatic rings. The molecule has 2 heterocycles. The number of rotatable bonds is 15. The third-order valence-electron chi connectivity index (χ3n) is 5.81. The molecule has 1 aliphatic heterocycles. The SMILES string of the molecule is CCNc1nc(CC)c(CNC(=O)CCCCCCCBr)c(NC2CCOCC2)c1C=N. The number of nitrogens with zero attached hydrogens (tertiary/aromatic N) is 1. The van der Waals surface area contributed by atoms with Gasteiger partial charge in [-0.25, -0.2) is 4.98 Å². The maximum Gasteiger partial charge on any atom is 0.220 e. The molecule has 1 aliphatic rings. The van der Waals surface area contributed by atoms with Gasteiger partial charge >= 0.3 is 0 Å². The fraction of sp³-hybridized carbons (Fsp3) is 0.708. The number of alkyl halides is 1. The number of unbranched alkanes of at least 4 members (excludes halogenated alkanes) is 4. The summed E-state index contributed by atoms with van der Waals surface area (Å²) in [6.45, 7) is 6.76. The van der Waals surface area contributed by atoms with E-state index in [2.05, 4.69) is 38.8 Å². The van der Waals surface area contributed by atoms with Crippen LogP contribution in [0.25, 0.3) is 0 Å². The zero-order chi connectivity index (χ0) is 23.2. The number of carbonyl (C=O) groups is 1. The number of halogens is 1. The van der Waals surface area contributed by atoms with E-state index >= 15 is 0 Å². The first-order valence-corrected chi connectivity index (χ1v) is 13.2. The monoisotopic (exact) mass is 509 g/mol. The van der Waals surface area contributed by atoms with Gasteiger partial charge in [-0.05, 0) is 39.0 Å². The lowest BCUT2D eigenvalue weighted by Gasteiger charge is -2.28. The number of nitrogens with one attached hydrogen (secondary N) is 4. The van der Waals surface area contributed by atoms with Gasteiger partial charge < -0.3 is 26.1 Å². The molecule has 4 N–H and O–H groups in total. The highest BCUT2D eigenvalue weighted by atomic mass is 79.9. The normalized spacial score (nSPS) is 14.2. The van der Waals surface area contributed by atoms with Crippen LogP contribution in [0.3, 0.4) is 0 Å². The molecule has 0 atom stereocenters. The summed E-state index contributed by atoms with van der Waals surface area (Å²) >= 11 is 3.46. The van der Waals surface area contributed by atoms with Crippen LogP contribution in [0, 0.1) is 5.41 Å². The third-order valence-corrected chi connectivity index (χ3v) is 6.38. The van der Waals surface area contributed by atoms with Crippen LogP contribution in [-0.2, 0) is 22.5 Å². The molecule has 1 fully saturated rings. The molecular weight excluding hydrogens is 470 g/mol. The summed E-state index contributed by atoms with van der Waals surface area (Å²) in [5.74, 6) is 0.809. The number of anilines is 2. The first kappa shape index (κ1) is 26.6. The fourth-order valence-electron chi connectivity index (χ4n) is 4.01. The second-order valence-electron chi connectivity index (χ2n) is 8.22. The van der Waals surface area contributed by atoms with Crippen molar-refractivity contribution in [1.29, 1.82) is 5.41 Å². The molecule has 0 bridgehead atoms. The first-order valence-electron chi connectivity index (χ1n) is 12.1. The Morgan fingerprint density at radius 1 is 1.19 bits per heavy atom. The summed E-state index contributed by atoms with van der Waals surface area (Å²) in [5, 5.41) is 19.2. The minimum absolute atomic E-state index is 0.0803. The van der Waals surface area contributed by atoms with Gasteiger partial charge in [-0.3, -0.25) is 4.79 Å². The molecule has 0 saturated carbocycles. The largest absolute Gasteiger partial charge is 0.381 e. The molecule has 0 aromatic carbocycles. The average Bonchev–Trinajstić information content (AvgIpc) is 2.81. The zero-order valence-corrected chi connectivity index (χ0v) is 21.3. The van der Waals surface area contributed by atoms with E-state index in [0.29, 0.717) is 13.0 Å². The minimum atomic E-state index is 0.0803. The Kier molecular flexibility index (Phi) is 12.6. The maximum absolute atomic E-state index is 12.5. The van der Waals surface area contributed by atoms with E-state index in [0.717, 1.165) is 85.5 Å². The van der Waals surface area contributed by atoms with Crippen molar-refractivity contribution in [3.8, 4) is 0 Å². The van der Waals surface area contributed by atoms with Crippen LogP contribution in [0.15, 0.2) is 0 Å². The molecule has 1 amide bonds. The van der Waals surface area contributed by atoms with Crippen LogP contribution in [0.1, 0.15) is 82.0 Å². The topological polar surface area (TPSA) is 99.1 Å². The summed E-state index contributed by atoms with van der Waals surface area (Å²) in [5.41, 5.74) is 3.62. The van der Waals surface area contributed by atoms with Crippen LogP contribution in [0.2, 0.25) is 0 Å². The van der Waals surface area contributed by atoms with Crippen molar-refractivity contribution < 1.29 is 9.53 Å². The Balaban J connectivity index is 2.13. The molecule has 1 saturated heterocycles. The Morgan fingerprint density at radius 2 is 1.91 bits per heavy atom. The molecule has 0 radical (unpaired) electrons. The van der Waals surface area contributed by atoms with Gasteiger partial charge in [-0.15, -0.1) is 0 Å². The van der Waals surface area contributed by atoms with Crippen LogP contribution in [0.4, 0.5) is 11.5 Å². The van der Waals surface area contributed by atoms with Crippen molar-refractivity contribution >= 4 is 39.6 Å². The molecule has 180 valence electrons. The van der Waals surface area contributed by atoms with E-state index in [1.807, 2.05) is 6.92 Å². The quantitative estimate of drug-likeness (QED) is 0.151. The van der Waals surface area contributed by atoms with Gasteiger partial charge in [-0.1, -0.05) is 42.1 Å². The highest BCUT2D eigenvalue weighted by Crippen LogP contribution is 2.30. The Morgan fingerprint density at radius 3 is 2.56 bits per heavy atom. The number of aryl methyl sites for hydroxylation is 1. The van der Waals surface area contributed by atoms with Crippen LogP contribution in [0.5, 0.6) is 0 Å². The molecule has 8 heteroatoms. The van der Waals surface area contributed by atoms with Crippen molar-refractivity contribution in [1.82, 2.24) is 10.3 Å². The molecule has 7 nitrogen and oxygen atoms in total. The standard InChI is InChI=1S/C24H40BrN5O2/c1-3-21-20(17-28-22(31)10-8-6-5-7-9-13-25)23(29-18-11-14-32-15-12-18)19(16-26)24(30-21)27-4-2/h16,18,26H,3-15,17H2,1-2H3,(H,28,31)(H2,27,29,30). The first-order chi connectivity index (χ1) is 15.6.